The minimum atomic E-state index is -3.57. The third kappa shape index (κ3) is 1.43. The Morgan fingerprint density at radius 2 is 2.32 bits per heavy atom. The molecule has 0 aromatic rings. The molecule has 2 saturated carbocycles. The average Bonchev–Trinajstić information content (AvgIpc) is 2.89. The number of hydrogen-bond donors (Lipinski definition) is 0. The summed E-state index contributed by atoms with van der Waals surface area (Å²) < 4.78 is 35.6. The van der Waals surface area contributed by atoms with Crippen LogP contribution in [0.4, 0.5) is 8.78 Å². The molecule has 0 amide bonds. The van der Waals surface area contributed by atoms with Gasteiger partial charge in [-0.05, 0) is 12.8 Å². The van der Waals surface area contributed by atoms with Crippen molar-refractivity contribution < 1.29 is 27.8 Å². The van der Waals surface area contributed by atoms with Crippen LogP contribution in [0.5, 0.6) is 0 Å². The van der Waals surface area contributed by atoms with Crippen molar-refractivity contribution in [1.29, 1.82) is 5.26 Å². The van der Waals surface area contributed by atoms with E-state index in [9.17, 15) is 18.4 Å². The smallest absolute Gasteiger partial charge is 0.377 e. The van der Waals surface area contributed by atoms with E-state index < -0.39 is 35.5 Å². The molecule has 0 radical (unpaired) electrons. The molecular formula is C12H11F2NO4. The van der Waals surface area contributed by atoms with E-state index >= 15 is 0 Å². The Morgan fingerprint density at radius 3 is 2.89 bits per heavy atom. The molecule has 0 aromatic carbocycles. The molecule has 2 aliphatic carbocycles. The summed E-state index contributed by atoms with van der Waals surface area (Å²) in [4.78, 5) is 23.0. The number of rotatable bonds is 2. The first-order chi connectivity index (χ1) is 8.79. The van der Waals surface area contributed by atoms with Crippen LogP contribution < -0.4 is 0 Å². The monoisotopic (exact) mass is 271 g/mol. The molecule has 5 nitrogen and oxygen atoms in total. The average molecular weight is 271 g/mol. The number of nitriles is 1. The van der Waals surface area contributed by atoms with Crippen LogP contribution in [0.25, 0.3) is 0 Å². The number of alkyl halides is 2. The lowest BCUT2D eigenvalue weighted by atomic mass is 9.74. The Hall–Kier alpha value is -1.71. The molecule has 0 spiro atoms. The maximum Gasteiger partial charge on any atom is 0.377 e. The summed E-state index contributed by atoms with van der Waals surface area (Å²) >= 11 is 0. The van der Waals surface area contributed by atoms with E-state index in [4.69, 9.17) is 14.7 Å². The largest absolute Gasteiger partial charge is 0.457 e. The number of fused-ring (bicyclic) bond motifs is 1. The van der Waals surface area contributed by atoms with Crippen LogP contribution in [0, 0.1) is 28.6 Å². The summed E-state index contributed by atoms with van der Waals surface area (Å²) in [5.41, 5.74) is -1.16. The van der Waals surface area contributed by atoms with Gasteiger partial charge in [-0.2, -0.15) is 14.0 Å². The van der Waals surface area contributed by atoms with Gasteiger partial charge in [0.2, 0.25) is 0 Å². The van der Waals surface area contributed by atoms with Gasteiger partial charge in [0.15, 0.2) is 5.41 Å². The minimum absolute atomic E-state index is 0.219. The number of halogens is 2. The van der Waals surface area contributed by atoms with E-state index in [2.05, 4.69) is 0 Å². The maximum absolute atomic E-state index is 12.8. The predicted octanol–water partition coefficient (Wildman–Crippen LogP) is 1.03. The van der Waals surface area contributed by atoms with Crippen LogP contribution in [0.15, 0.2) is 0 Å². The van der Waals surface area contributed by atoms with Gasteiger partial charge in [0, 0.05) is 18.8 Å². The molecule has 7 heteroatoms. The molecule has 3 aliphatic rings. The first-order valence-electron chi connectivity index (χ1n) is 6.01. The van der Waals surface area contributed by atoms with Crippen LogP contribution in [-0.2, 0) is 19.1 Å². The van der Waals surface area contributed by atoms with Crippen LogP contribution >= 0.6 is 0 Å². The van der Waals surface area contributed by atoms with Crippen LogP contribution in [-0.4, -0.2) is 30.1 Å². The van der Waals surface area contributed by atoms with Gasteiger partial charge in [0.25, 0.3) is 0 Å². The highest BCUT2D eigenvalue weighted by atomic mass is 19.3. The van der Waals surface area contributed by atoms with Crippen molar-refractivity contribution in [2.24, 2.45) is 17.3 Å². The highest BCUT2D eigenvalue weighted by molar-refractivity contribution is 5.84. The second-order valence-corrected chi connectivity index (χ2v) is 5.52. The second-order valence-electron chi connectivity index (χ2n) is 5.52. The fourth-order valence-corrected chi connectivity index (χ4v) is 3.51. The molecule has 5 unspecified atom stereocenters. The lowest BCUT2D eigenvalue weighted by molar-refractivity contribution is -0.183. The summed E-state index contributed by atoms with van der Waals surface area (Å²) in [5, 5.41) is 9.15. The topological polar surface area (TPSA) is 76.4 Å². The number of carbonyl (C=O) groups excluding carboxylic acids is 2. The predicted molar refractivity (Wildman–Crippen MR) is 54.6 cm³/mol. The van der Waals surface area contributed by atoms with Gasteiger partial charge in [-0.25, -0.2) is 4.79 Å². The number of ether oxygens (including phenoxy) is 2. The molecule has 1 aliphatic heterocycles. The molecule has 19 heavy (non-hydrogen) atoms. The van der Waals surface area contributed by atoms with Crippen LogP contribution in [0.1, 0.15) is 19.8 Å². The third-order valence-corrected chi connectivity index (χ3v) is 4.37. The van der Waals surface area contributed by atoms with Crippen molar-refractivity contribution in [3.63, 3.8) is 0 Å². The maximum atomic E-state index is 12.8. The fraction of sp³-hybridized carbons (Fsp3) is 0.750. The second kappa shape index (κ2) is 3.44. The molecule has 5 atom stereocenters. The van der Waals surface area contributed by atoms with E-state index in [1.54, 1.807) is 0 Å². The number of esters is 2. The molecule has 3 fully saturated rings. The molecule has 0 aromatic heterocycles. The van der Waals surface area contributed by atoms with Gasteiger partial charge < -0.3 is 9.47 Å². The Labute approximate surface area is 107 Å². The van der Waals surface area contributed by atoms with Crippen molar-refractivity contribution in [1.82, 2.24) is 0 Å². The van der Waals surface area contributed by atoms with Gasteiger partial charge >= 0.3 is 17.9 Å². The molecule has 3 rings (SSSR count). The van der Waals surface area contributed by atoms with E-state index in [0.717, 1.165) is 0 Å². The Kier molecular flexibility index (Phi) is 2.23. The lowest BCUT2D eigenvalue weighted by Crippen LogP contribution is -2.42. The van der Waals surface area contributed by atoms with Crippen molar-refractivity contribution in [2.75, 3.05) is 0 Å². The molecule has 1 heterocycles. The normalized spacial score (nSPS) is 42.9. The van der Waals surface area contributed by atoms with Gasteiger partial charge in [0.05, 0.1) is 6.07 Å². The van der Waals surface area contributed by atoms with Crippen molar-refractivity contribution in [3.05, 3.63) is 0 Å². The first kappa shape index (κ1) is 12.3. The molecule has 102 valence electrons. The van der Waals surface area contributed by atoms with Gasteiger partial charge in [-0.1, -0.05) is 0 Å². The standard InChI is InChI=1S/C12H11F2NO4/c1-11(13,14)9(16)18-7-5-2-6-8(7)19-10(17)12(6,3-5)4-15/h5-8H,2-3H2,1H3. The number of hydrogen-bond acceptors (Lipinski definition) is 5. The van der Waals surface area contributed by atoms with E-state index in [1.165, 1.54) is 0 Å². The molecule has 1 saturated heterocycles. The highest BCUT2D eigenvalue weighted by Gasteiger charge is 2.72. The number of nitrogens with zero attached hydrogens (tertiary/aromatic N) is 1. The quantitative estimate of drug-likeness (QED) is 0.701. The molecular weight excluding hydrogens is 260 g/mol. The Balaban J connectivity index is 1.82. The summed E-state index contributed by atoms with van der Waals surface area (Å²) in [6.45, 7) is 0.461. The lowest BCUT2D eigenvalue weighted by Gasteiger charge is -2.28. The van der Waals surface area contributed by atoms with E-state index in [0.29, 0.717) is 13.3 Å². The SMILES string of the molecule is CC(F)(F)C(=O)OC1C2CC3C1OC(=O)C3(C#N)C2. The van der Waals surface area contributed by atoms with Crippen LogP contribution in [0.3, 0.4) is 0 Å². The summed E-state index contributed by atoms with van der Waals surface area (Å²) in [7, 11) is 0. The zero-order valence-electron chi connectivity index (χ0n) is 10.1. The summed E-state index contributed by atoms with van der Waals surface area (Å²) in [6, 6.07) is 1.99. The van der Waals surface area contributed by atoms with Crippen LogP contribution in [0.2, 0.25) is 0 Å². The zero-order chi connectivity index (χ0) is 14.0. The highest BCUT2D eigenvalue weighted by Crippen LogP contribution is 2.62. The van der Waals surface area contributed by atoms with E-state index in [1.807, 2.05) is 6.07 Å². The molecule has 0 N–H and O–H groups in total. The Morgan fingerprint density at radius 1 is 1.63 bits per heavy atom. The fourth-order valence-electron chi connectivity index (χ4n) is 3.51. The van der Waals surface area contributed by atoms with Crippen molar-refractivity contribution in [3.8, 4) is 6.07 Å². The number of carbonyl (C=O) groups is 2. The third-order valence-electron chi connectivity index (χ3n) is 4.37. The van der Waals surface area contributed by atoms with Gasteiger partial charge in [0.1, 0.15) is 12.2 Å². The van der Waals surface area contributed by atoms with Gasteiger partial charge in [-0.3, -0.25) is 4.79 Å². The minimum Gasteiger partial charge on any atom is -0.457 e. The van der Waals surface area contributed by atoms with Gasteiger partial charge in [-0.15, -0.1) is 0 Å². The molecule has 2 bridgehead atoms. The van der Waals surface area contributed by atoms with Crippen molar-refractivity contribution in [2.45, 2.75) is 37.9 Å². The Bertz CT molecular complexity index is 509. The van der Waals surface area contributed by atoms with Crippen molar-refractivity contribution >= 4 is 11.9 Å². The zero-order valence-corrected chi connectivity index (χ0v) is 10.1. The van der Waals surface area contributed by atoms with E-state index in [-0.39, 0.29) is 18.3 Å². The first-order valence-corrected chi connectivity index (χ1v) is 6.01. The summed E-state index contributed by atoms with van der Waals surface area (Å²) in [6.07, 6.45) is -0.887. The summed E-state index contributed by atoms with van der Waals surface area (Å²) in [5.74, 6) is -6.41.